The van der Waals surface area contributed by atoms with E-state index in [4.69, 9.17) is 9.47 Å². The number of carboxylic acids is 1. The molecule has 1 aromatic heterocycles. The largest absolute Gasteiger partial charge is 0.493 e. The number of aromatic carboxylic acids is 1. The number of nitrogens with zero attached hydrogens (tertiary/aromatic N) is 1. The number of carbonyl (C=O) groups is 1. The van der Waals surface area contributed by atoms with Crippen LogP contribution in [0.2, 0.25) is 0 Å². The van der Waals surface area contributed by atoms with E-state index in [2.05, 4.69) is 9.71 Å². The zero-order chi connectivity index (χ0) is 21.2. The van der Waals surface area contributed by atoms with Crippen molar-refractivity contribution in [3.05, 3.63) is 54.0 Å². The first kappa shape index (κ1) is 20.6. The zero-order valence-corrected chi connectivity index (χ0v) is 16.8. The van der Waals surface area contributed by atoms with Gasteiger partial charge in [-0.15, -0.1) is 11.3 Å². The van der Waals surface area contributed by atoms with E-state index in [1.807, 2.05) is 0 Å². The van der Waals surface area contributed by atoms with Gasteiger partial charge in [-0.05, 0) is 24.3 Å². The Morgan fingerprint density at radius 1 is 1.14 bits per heavy atom. The first-order chi connectivity index (χ1) is 13.7. The summed E-state index contributed by atoms with van der Waals surface area (Å²) in [5.41, 5.74) is 0.0524. The maximum atomic E-state index is 13.1. The van der Waals surface area contributed by atoms with Gasteiger partial charge in [0.05, 0.1) is 31.7 Å². The number of hydrogen-bond acceptors (Lipinski definition) is 7. The van der Waals surface area contributed by atoms with Gasteiger partial charge in [0.25, 0.3) is 10.0 Å². The number of carboxylic acid groups (broad SMARTS) is 1. The van der Waals surface area contributed by atoms with Crippen molar-refractivity contribution in [1.82, 2.24) is 4.98 Å². The average Bonchev–Trinajstić information content (AvgIpc) is 3.19. The van der Waals surface area contributed by atoms with Gasteiger partial charge in [0, 0.05) is 17.7 Å². The Labute approximate surface area is 169 Å². The van der Waals surface area contributed by atoms with Crippen molar-refractivity contribution < 1.29 is 32.2 Å². The Bertz CT molecular complexity index is 1160. The van der Waals surface area contributed by atoms with Crippen molar-refractivity contribution in [2.45, 2.75) is 4.21 Å². The van der Waals surface area contributed by atoms with Crippen LogP contribution in [0.25, 0.3) is 10.6 Å². The third kappa shape index (κ3) is 4.30. The van der Waals surface area contributed by atoms with Gasteiger partial charge in [-0.25, -0.2) is 22.6 Å². The molecule has 0 radical (unpaired) electrons. The van der Waals surface area contributed by atoms with Crippen molar-refractivity contribution >= 4 is 33.0 Å². The normalized spacial score (nSPS) is 11.1. The monoisotopic (exact) mass is 438 g/mol. The Morgan fingerprint density at radius 3 is 2.34 bits per heavy atom. The second kappa shape index (κ2) is 8.05. The van der Waals surface area contributed by atoms with Crippen LogP contribution in [0.5, 0.6) is 11.5 Å². The van der Waals surface area contributed by atoms with E-state index >= 15 is 0 Å². The van der Waals surface area contributed by atoms with Crippen LogP contribution in [0.15, 0.2) is 46.8 Å². The molecule has 3 rings (SSSR count). The smallest absolute Gasteiger partial charge is 0.337 e. The quantitative estimate of drug-likeness (QED) is 0.580. The molecular formula is C18H15FN2O6S2. The highest BCUT2D eigenvalue weighted by Gasteiger charge is 2.24. The highest BCUT2D eigenvalue weighted by molar-refractivity contribution is 7.94. The topological polar surface area (TPSA) is 115 Å². The first-order valence-corrected chi connectivity index (χ1v) is 10.3. The molecule has 29 heavy (non-hydrogen) atoms. The van der Waals surface area contributed by atoms with E-state index in [9.17, 15) is 22.7 Å². The van der Waals surface area contributed by atoms with Gasteiger partial charge < -0.3 is 14.6 Å². The Hall–Kier alpha value is -3.18. The molecule has 0 unspecified atom stereocenters. The van der Waals surface area contributed by atoms with Crippen LogP contribution in [0.1, 0.15) is 10.4 Å². The minimum absolute atomic E-state index is 0.136. The Balaban J connectivity index is 1.97. The third-order valence-corrected chi connectivity index (χ3v) is 6.71. The lowest BCUT2D eigenvalue weighted by atomic mass is 10.1. The Kier molecular flexibility index (Phi) is 5.71. The molecule has 0 saturated heterocycles. The van der Waals surface area contributed by atoms with Crippen LogP contribution in [-0.2, 0) is 10.0 Å². The standard InChI is InChI=1S/C18H15FN2O6S2/c1-26-14-7-12(18(22)23)13(8-15(14)27-2)21-29(24,25)16-9-20-17(28-16)10-3-5-11(19)6-4-10/h3-9,21H,1-2H3,(H,22,23). The molecule has 2 N–H and O–H groups in total. The number of thiazole rings is 1. The van der Waals surface area contributed by atoms with Crippen LogP contribution in [0.4, 0.5) is 10.1 Å². The van der Waals surface area contributed by atoms with Crippen molar-refractivity contribution in [2.75, 3.05) is 18.9 Å². The third-order valence-electron chi connectivity index (χ3n) is 3.84. The summed E-state index contributed by atoms with van der Waals surface area (Å²) >= 11 is 0.862. The van der Waals surface area contributed by atoms with Crippen LogP contribution in [0, 0.1) is 5.82 Å². The van der Waals surface area contributed by atoms with E-state index in [-0.39, 0.29) is 27.0 Å². The van der Waals surface area contributed by atoms with Crippen molar-refractivity contribution in [1.29, 1.82) is 0 Å². The molecule has 0 aliphatic carbocycles. The van der Waals surface area contributed by atoms with Gasteiger partial charge in [0.1, 0.15) is 10.8 Å². The summed E-state index contributed by atoms with van der Waals surface area (Å²) < 4.78 is 50.9. The van der Waals surface area contributed by atoms with Crippen LogP contribution in [0.3, 0.4) is 0 Å². The summed E-state index contributed by atoms with van der Waals surface area (Å²) in [4.78, 5) is 15.6. The minimum Gasteiger partial charge on any atom is -0.493 e. The fraction of sp³-hybridized carbons (Fsp3) is 0.111. The van der Waals surface area contributed by atoms with E-state index in [1.165, 1.54) is 44.6 Å². The van der Waals surface area contributed by atoms with Crippen molar-refractivity contribution in [3.63, 3.8) is 0 Å². The van der Waals surface area contributed by atoms with Gasteiger partial charge in [-0.2, -0.15) is 0 Å². The number of benzene rings is 2. The van der Waals surface area contributed by atoms with Gasteiger partial charge in [-0.1, -0.05) is 0 Å². The number of methoxy groups -OCH3 is 2. The molecule has 11 heteroatoms. The second-order valence-corrected chi connectivity index (χ2v) is 8.59. The van der Waals surface area contributed by atoms with Crippen LogP contribution in [-0.4, -0.2) is 38.7 Å². The van der Waals surface area contributed by atoms with E-state index in [1.54, 1.807) is 0 Å². The highest BCUT2D eigenvalue weighted by atomic mass is 32.2. The summed E-state index contributed by atoms with van der Waals surface area (Å²) in [5, 5.41) is 9.79. The lowest BCUT2D eigenvalue weighted by Crippen LogP contribution is -2.15. The molecule has 0 saturated carbocycles. The number of anilines is 1. The van der Waals surface area contributed by atoms with E-state index in [0.29, 0.717) is 10.6 Å². The van der Waals surface area contributed by atoms with Gasteiger partial charge in [0.15, 0.2) is 15.7 Å². The summed E-state index contributed by atoms with van der Waals surface area (Å²) in [6, 6.07) is 7.83. The summed E-state index contributed by atoms with van der Waals surface area (Å²) in [6.45, 7) is 0. The van der Waals surface area contributed by atoms with Gasteiger partial charge in [0.2, 0.25) is 0 Å². The summed E-state index contributed by atoms with van der Waals surface area (Å²) in [7, 11) is -1.46. The molecule has 0 fully saturated rings. The van der Waals surface area contributed by atoms with Crippen molar-refractivity contribution in [3.8, 4) is 22.1 Å². The molecule has 0 aliphatic rings. The molecule has 0 amide bonds. The predicted octanol–water partition coefficient (Wildman–Crippen LogP) is 3.47. The average molecular weight is 438 g/mol. The lowest BCUT2D eigenvalue weighted by Gasteiger charge is -2.14. The SMILES string of the molecule is COc1cc(NS(=O)(=O)c2cnc(-c3ccc(F)cc3)s2)c(C(=O)O)cc1OC. The maximum absolute atomic E-state index is 13.1. The number of aromatic nitrogens is 1. The molecule has 152 valence electrons. The maximum Gasteiger partial charge on any atom is 0.337 e. The minimum atomic E-state index is -4.14. The number of halogens is 1. The zero-order valence-electron chi connectivity index (χ0n) is 15.2. The molecule has 0 aliphatic heterocycles. The molecule has 0 spiro atoms. The molecule has 3 aromatic rings. The van der Waals surface area contributed by atoms with E-state index in [0.717, 1.165) is 23.6 Å². The summed E-state index contributed by atoms with van der Waals surface area (Å²) in [6.07, 6.45) is 1.15. The number of sulfonamides is 1. The molecule has 0 bridgehead atoms. The Morgan fingerprint density at radius 2 is 1.76 bits per heavy atom. The van der Waals surface area contributed by atoms with Gasteiger partial charge >= 0.3 is 5.97 Å². The fourth-order valence-electron chi connectivity index (χ4n) is 2.44. The van der Waals surface area contributed by atoms with Crippen LogP contribution < -0.4 is 14.2 Å². The molecule has 2 aromatic carbocycles. The lowest BCUT2D eigenvalue weighted by molar-refractivity contribution is 0.0697. The summed E-state index contributed by atoms with van der Waals surface area (Å²) in [5.74, 6) is -1.47. The highest BCUT2D eigenvalue weighted by Crippen LogP contribution is 2.35. The second-order valence-electron chi connectivity index (χ2n) is 5.65. The van der Waals surface area contributed by atoms with Gasteiger partial charge in [-0.3, -0.25) is 4.72 Å². The van der Waals surface area contributed by atoms with Crippen LogP contribution >= 0.6 is 11.3 Å². The number of rotatable bonds is 7. The molecule has 1 heterocycles. The number of hydrogen-bond donors (Lipinski definition) is 2. The predicted molar refractivity (Wildman–Crippen MR) is 105 cm³/mol. The molecule has 0 atom stereocenters. The van der Waals surface area contributed by atoms with E-state index < -0.39 is 21.8 Å². The first-order valence-electron chi connectivity index (χ1n) is 7.99. The molecule has 8 nitrogen and oxygen atoms in total. The number of nitrogens with one attached hydrogen (secondary N) is 1. The fourth-order valence-corrected chi connectivity index (χ4v) is 4.65. The molecular weight excluding hydrogens is 423 g/mol. The number of ether oxygens (including phenoxy) is 2. The van der Waals surface area contributed by atoms with Crippen molar-refractivity contribution in [2.24, 2.45) is 0 Å².